The third kappa shape index (κ3) is 4.51. The monoisotopic (exact) mass is 308 g/mol. The second-order valence-electron chi connectivity index (χ2n) is 4.82. The molecule has 1 heterocycles. The Morgan fingerprint density at radius 2 is 1.90 bits per heavy atom. The molecule has 0 bridgehead atoms. The van der Waals surface area contributed by atoms with Crippen LogP contribution in [0.4, 0.5) is 5.69 Å². The molecule has 20 heavy (non-hydrogen) atoms. The largest absolute Gasteiger partial charge is 0.373 e. The van der Waals surface area contributed by atoms with Crippen LogP contribution in [0.2, 0.25) is 4.34 Å². The first kappa shape index (κ1) is 15.4. The fourth-order valence-corrected chi connectivity index (χ4v) is 3.08. The van der Waals surface area contributed by atoms with Crippen LogP contribution in [-0.4, -0.2) is 20.1 Å². The van der Waals surface area contributed by atoms with Crippen molar-refractivity contribution < 1.29 is 0 Å². The Morgan fingerprint density at radius 1 is 1.15 bits per heavy atom. The summed E-state index contributed by atoms with van der Waals surface area (Å²) in [7, 11) is 2.13. The highest BCUT2D eigenvalue weighted by atomic mass is 35.5. The lowest BCUT2D eigenvalue weighted by atomic mass is 10.1. The predicted octanol–water partition coefficient (Wildman–Crippen LogP) is 4.19. The van der Waals surface area contributed by atoms with Crippen molar-refractivity contribution in [1.82, 2.24) is 5.32 Å². The lowest BCUT2D eigenvalue weighted by molar-refractivity contribution is 0.685. The molecule has 0 saturated carbocycles. The number of likely N-dealkylation sites (N-methyl/N-ethyl adjacent to an activating group) is 1. The molecule has 0 atom stereocenters. The van der Waals surface area contributed by atoms with Crippen molar-refractivity contribution in [1.29, 1.82) is 0 Å². The van der Waals surface area contributed by atoms with Crippen LogP contribution >= 0.6 is 22.9 Å². The molecule has 0 aliphatic heterocycles. The molecular formula is C16H21ClN2S. The molecule has 0 unspecified atom stereocenters. The van der Waals surface area contributed by atoms with Gasteiger partial charge in [-0.3, -0.25) is 0 Å². The zero-order valence-electron chi connectivity index (χ0n) is 12.0. The van der Waals surface area contributed by atoms with Gasteiger partial charge in [0, 0.05) is 37.2 Å². The normalized spacial score (nSPS) is 10.8. The van der Waals surface area contributed by atoms with E-state index in [0.717, 1.165) is 30.4 Å². The molecule has 2 nitrogen and oxygen atoms in total. The smallest absolute Gasteiger partial charge is 0.0931 e. The van der Waals surface area contributed by atoms with Crippen molar-refractivity contribution in [3.05, 3.63) is 51.2 Å². The molecule has 0 amide bonds. The van der Waals surface area contributed by atoms with Crippen LogP contribution in [-0.2, 0) is 13.0 Å². The topological polar surface area (TPSA) is 15.3 Å². The maximum atomic E-state index is 5.91. The van der Waals surface area contributed by atoms with Crippen molar-refractivity contribution in [3.63, 3.8) is 0 Å². The first-order valence-corrected chi connectivity index (χ1v) is 8.13. The summed E-state index contributed by atoms with van der Waals surface area (Å²) >= 11 is 7.55. The Kier molecular flexibility index (Phi) is 5.89. The maximum absolute atomic E-state index is 5.91. The van der Waals surface area contributed by atoms with E-state index in [9.17, 15) is 0 Å². The molecule has 0 fully saturated rings. The molecule has 0 aliphatic carbocycles. The van der Waals surface area contributed by atoms with E-state index in [1.54, 1.807) is 11.3 Å². The summed E-state index contributed by atoms with van der Waals surface area (Å²) in [5, 5.41) is 3.45. The highest BCUT2D eigenvalue weighted by Gasteiger charge is 2.01. The van der Waals surface area contributed by atoms with E-state index in [4.69, 9.17) is 11.6 Å². The number of rotatable bonds is 7. The molecule has 4 heteroatoms. The van der Waals surface area contributed by atoms with E-state index in [2.05, 4.69) is 54.5 Å². The van der Waals surface area contributed by atoms with E-state index in [1.165, 1.54) is 16.1 Å². The van der Waals surface area contributed by atoms with Crippen molar-refractivity contribution in [2.45, 2.75) is 19.9 Å². The molecule has 2 rings (SSSR count). The zero-order chi connectivity index (χ0) is 14.4. The van der Waals surface area contributed by atoms with Gasteiger partial charge in [0.2, 0.25) is 0 Å². The first-order chi connectivity index (χ1) is 9.69. The number of nitrogens with one attached hydrogen (secondary N) is 1. The molecule has 2 aromatic rings. The fraction of sp³-hybridized carbons (Fsp3) is 0.375. The number of halogens is 1. The summed E-state index contributed by atoms with van der Waals surface area (Å²) in [4.78, 5) is 3.55. The van der Waals surface area contributed by atoms with Crippen LogP contribution in [0.15, 0.2) is 36.4 Å². The van der Waals surface area contributed by atoms with Crippen molar-refractivity contribution in [2.24, 2.45) is 0 Å². The number of nitrogens with zero attached hydrogens (tertiary/aromatic N) is 1. The molecule has 0 radical (unpaired) electrons. The van der Waals surface area contributed by atoms with Gasteiger partial charge in [-0.15, -0.1) is 11.3 Å². The SMILES string of the molecule is CCc1ccc(N(C)CCNCc2ccc(Cl)s2)cc1. The van der Waals surface area contributed by atoms with Gasteiger partial charge in [0.25, 0.3) is 0 Å². The van der Waals surface area contributed by atoms with Crippen LogP contribution in [0.5, 0.6) is 0 Å². The molecule has 108 valence electrons. The van der Waals surface area contributed by atoms with Gasteiger partial charge in [-0.1, -0.05) is 30.7 Å². The summed E-state index contributed by atoms with van der Waals surface area (Å²) in [5.41, 5.74) is 2.65. The Bertz CT molecular complexity index is 522. The standard InChI is InChI=1S/C16H21ClN2S/c1-3-13-4-6-14(7-5-13)19(2)11-10-18-12-15-8-9-16(17)20-15/h4-9,18H,3,10-12H2,1-2H3. The highest BCUT2D eigenvalue weighted by molar-refractivity contribution is 7.16. The van der Waals surface area contributed by atoms with Crippen LogP contribution in [0.25, 0.3) is 0 Å². The van der Waals surface area contributed by atoms with Gasteiger partial charge in [-0.2, -0.15) is 0 Å². The van der Waals surface area contributed by atoms with Gasteiger partial charge in [0.05, 0.1) is 4.34 Å². The summed E-state index contributed by atoms with van der Waals surface area (Å²) < 4.78 is 0.856. The van der Waals surface area contributed by atoms with E-state index < -0.39 is 0 Å². The van der Waals surface area contributed by atoms with Crippen molar-refractivity contribution in [2.75, 3.05) is 25.0 Å². The zero-order valence-corrected chi connectivity index (χ0v) is 13.6. The molecular weight excluding hydrogens is 288 g/mol. The summed E-state index contributed by atoms with van der Waals surface area (Å²) in [6.07, 6.45) is 1.09. The van der Waals surface area contributed by atoms with Gasteiger partial charge >= 0.3 is 0 Å². The first-order valence-electron chi connectivity index (χ1n) is 6.94. The fourth-order valence-electron chi connectivity index (χ4n) is 2.02. The maximum Gasteiger partial charge on any atom is 0.0931 e. The van der Waals surface area contributed by atoms with E-state index in [1.807, 2.05) is 6.07 Å². The van der Waals surface area contributed by atoms with Gasteiger partial charge in [-0.05, 0) is 36.2 Å². The molecule has 0 aliphatic rings. The van der Waals surface area contributed by atoms with Gasteiger partial charge < -0.3 is 10.2 Å². The van der Waals surface area contributed by atoms with Gasteiger partial charge in [0.15, 0.2) is 0 Å². The lowest BCUT2D eigenvalue weighted by Crippen LogP contribution is -2.28. The summed E-state index contributed by atoms with van der Waals surface area (Å²) in [5.74, 6) is 0. The van der Waals surface area contributed by atoms with Gasteiger partial charge in [0.1, 0.15) is 0 Å². The lowest BCUT2D eigenvalue weighted by Gasteiger charge is -2.19. The minimum atomic E-state index is 0.856. The highest BCUT2D eigenvalue weighted by Crippen LogP contribution is 2.21. The second kappa shape index (κ2) is 7.67. The van der Waals surface area contributed by atoms with Crippen molar-refractivity contribution >= 4 is 28.6 Å². The number of hydrogen-bond donors (Lipinski definition) is 1. The average molecular weight is 309 g/mol. The Morgan fingerprint density at radius 3 is 2.50 bits per heavy atom. The van der Waals surface area contributed by atoms with Gasteiger partial charge in [-0.25, -0.2) is 0 Å². The summed E-state index contributed by atoms with van der Waals surface area (Å²) in [6.45, 7) is 5.02. The number of benzene rings is 1. The van der Waals surface area contributed by atoms with Crippen LogP contribution in [0.1, 0.15) is 17.4 Å². The third-order valence-electron chi connectivity index (χ3n) is 3.34. The van der Waals surface area contributed by atoms with E-state index in [0.29, 0.717) is 0 Å². The number of hydrogen-bond acceptors (Lipinski definition) is 3. The Hall–Kier alpha value is -1.03. The van der Waals surface area contributed by atoms with Crippen LogP contribution < -0.4 is 10.2 Å². The number of aryl methyl sites for hydroxylation is 1. The van der Waals surface area contributed by atoms with Crippen LogP contribution in [0.3, 0.4) is 0 Å². The van der Waals surface area contributed by atoms with E-state index >= 15 is 0 Å². The van der Waals surface area contributed by atoms with Crippen molar-refractivity contribution in [3.8, 4) is 0 Å². The molecule has 1 aromatic heterocycles. The Labute approximate surface area is 130 Å². The predicted molar refractivity (Wildman–Crippen MR) is 90.1 cm³/mol. The minimum absolute atomic E-state index is 0.856. The van der Waals surface area contributed by atoms with Crippen LogP contribution in [0, 0.1) is 0 Å². The molecule has 1 N–H and O–H groups in total. The molecule has 1 aromatic carbocycles. The second-order valence-corrected chi connectivity index (χ2v) is 6.62. The van der Waals surface area contributed by atoms with E-state index in [-0.39, 0.29) is 0 Å². The number of anilines is 1. The molecule has 0 spiro atoms. The number of thiophene rings is 1. The quantitative estimate of drug-likeness (QED) is 0.772. The Balaban J connectivity index is 1.72. The minimum Gasteiger partial charge on any atom is -0.373 e. The molecule has 0 saturated heterocycles. The average Bonchev–Trinajstić information content (AvgIpc) is 2.89. The summed E-state index contributed by atoms with van der Waals surface area (Å²) in [6, 6.07) is 12.8. The third-order valence-corrected chi connectivity index (χ3v) is 4.57.